The number of amides is 1. The summed E-state index contributed by atoms with van der Waals surface area (Å²) < 4.78 is 27.6. The fourth-order valence-electron chi connectivity index (χ4n) is 3.98. The number of hydrogen-bond donors (Lipinski definition) is 0. The van der Waals surface area contributed by atoms with Crippen molar-refractivity contribution in [3.8, 4) is 0 Å². The molecule has 1 aromatic carbocycles. The van der Waals surface area contributed by atoms with E-state index in [2.05, 4.69) is 6.58 Å². The van der Waals surface area contributed by atoms with Gasteiger partial charge in [0.2, 0.25) is 15.9 Å². The van der Waals surface area contributed by atoms with Gasteiger partial charge in [0.15, 0.2) is 0 Å². The van der Waals surface area contributed by atoms with E-state index in [1.807, 2.05) is 30.9 Å². The van der Waals surface area contributed by atoms with Crippen molar-refractivity contribution < 1.29 is 13.2 Å². The maximum atomic E-state index is 13.0. The molecule has 28 heavy (non-hydrogen) atoms. The van der Waals surface area contributed by atoms with Gasteiger partial charge in [-0.3, -0.25) is 9.69 Å². The second kappa shape index (κ2) is 8.76. The highest BCUT2D eigenvalue weighted by molar-refractivity contribution is 7.89. The van der Waals surface area contributed by atoms with Crippen LogP contribution in [0.3, 0.4) is 0 Å². The summed E-state index contributed by atoms with van der Waals surface area (Å²) in [7, 11) is -3.47. The Balaban J connectivity index is 1.58. The molecule has 1 saturated heterocycles. The van der Waals surface area contributed by atoms with Crippen LogP contribution in [0.15, 0.2) is 35.2 Å². The van der Waals surface area contributed by atoms with E-state index in [1.54, 1.807) is 15.3 Å². The number of sulfonamides is 1. The first-order valence-electron chi connectivity index (χ1n) is 10.1. The first-order chi connectivity index (χ1) is 13.3. The molecule has 0 spiro atoms. The van der Waals surface area contributed by atoms with E-state index in [9.17, 15) is 13.2 Å². The van der Waals surface area contributed by atoms with Crippen molar-refractivity contribution in [2.45, 2.75) is 38.0 Å². The molecule has 2 aliphatic rings. The van der Waals surface area contributed by atoms with Gasteiger partial charge in [-0.15, -0.1) is 0 Å². The number of carbonyl (C=O) groups is 1. The first kappa shape index (κ1) is 21.0. The summed E-state index contributed by atoms with van der Waals surface area (Å²) in [6.07, 6.45) is 3.11. The molecule has 154 valence electrons. The Bertz CT molecular complexity index is 842. The van der Waals surface area contributed by atoms with E-state index >= 15 is 0 Å². The number of nitrogens with zero attached hydrogens (tertiary/aromatic N) is 3. The van der Waals surface area contributed by atoms with Crippen LogP contribution in [0.25, 0.3) is 0 Å². The predicted molar refractivity (Wildman–Crippen MR) is 111 cm³/mol. The highest BCUT2D eigenvalue weighted by Crippen LogP contribution is 2.26. The second-order valence-corrected chi connectivity index (χ2v) is 9.77. The van der Waals surface area contributed by atoms with Crippen LogP contribution in [0.5, 0.6) is 0 Å². The number of fused-ring (bicyclic) bond motifs is 1. The lowest BCUT2D eigenvalue weighted by molar-refractivity contribution is -0.132. The van der Waals surface area contributed by atoms with E-state index in [1.165, 1.54) is 11.1 Å². The summed E-state index contributed by atoms with van der Waals surface area (Å²) in [5.74, 6) is 0.0698. The van der Waals surface area contributed by atoms with Gasteiger partial charge in [-0.25, -0.2) is 8.42 Å². The molecule has 1 amide bonds. The zero-order chi connectivity index (χ0) is 20.3. The third kappa shape index (κ3) is 4.64. The Morgan fingerprint density at radius 2 is 1.82 bits per heavy atom. The van der Waals surface area contributed by atoms with Gasteiger partial charge in [-0.1, -0.05) is 18.2 Å². The summed E-state index contributed by atoms with van der Waals surface area (Å²) in [4.78, 5) is 16.7. The molecule has 3 rings (SSSR count). The molecule has 0 N–H and O–H groups in total. The largest absolute Gasteiger partial charge is 0.338 e. The van der Waals surface area contributed by atoms with E-state index < -0.39 is 10.0 Å². The van der Waals surface area contributed by atoms with Crippen LogP contribution < -0.4 is 0 Å². The second-order valence-electron chi connectivity index (χ2n) is 7.83. The van der Waals surface area contributed by atoms with E-state index in [0.29, 0.717) is 50.7 Å². The number of aryl methyl sites for hydroxylation is 2. The molecule has 0 bridgehead atoms. The summed E-state index contributed by atoms with van der Waals surface area (Å²) in [6, 6.07) is 5.56. The molecule has 0 aromatic heterocycles. The lowest BCUT2D eigenvalue weighted by atomic mass is 10.1. The predicted octanol–water partition coefficient (Wildman–Crippen LogP) is 1.91. The van der Waals surface area contributed by atoms with Gasteiger partial charge in [0, 0.05) is 39.3 Å². The van der Waals surface area contributed by atoms with Gasteiger partial charge in [-0.2, -0.15) is 4.31 Å². The summed E-state index contributed by atoms with van der Waals surface area (Å²) >= 11 is 0. The Morgan fingerprint density at radius 3 is 2.46 bits per heavy atom. The topological polar surface area (TPSA) is 60.9 Å². The van der Waals surface area contributed by atoms with Crippen LogP contribution in [-0.2, 0) is 27.7 Å². The van der Waals surface area contributed by atoms with Crippen LogP contribution >= 0.6 is 0 Å². The quantitative estimate of drug-likeness (QED) is 0.650. The molecular weight excluding hydrogens is 374 g/mol. The number of carbonyl (C=O) groups excluding carboxylic acids is 1. The maximum absolute atomic E-state index is 13.0. The molecule has 1 fully saturated rings. The average molecular weight is 406 g/mol. The highest BCUT2D eigenvalue weighted by atomic mass is 32.2. The minimum absolute atomic E-state index is 0.0698. The molecule has 1 heterocycles. The molecule has 1 aliphatic carbocycles. The SMILES string of the molecule is C=C(C)CN(CC)C(=O)CN1CCN(S(=O)(=O)c2ccc3c(c2)CCC3)CC1. The molecule has 0 radical (unpaired) electrons. The smallest absolute Gasteiger partial charge is 0.243 e. The average Bonchev–Trinajstić information content (AvgIpc) is 3.14. The molecule has 0 atom stereocenters. The van der Waals surface area contributed by atoms with Crippen molar-refractivity contribution in [1.29, 1.82) is 0 Å². The normalized spacial score (nSPS) is 18.1. The molecule has 1 aromatic rings. The molecule has 7 heteroatoms. The summed E-state index contributed by atoms with van der Waals surface area (Å²) in [5.41, 5.74) is 3.40. The van der Waals surface area contributed by atoms with Gasteiger partial charge in [0.25, 0.3) is 0 Å². The summed E-state index contributed by atoms with van der Waals surface area (Å²) in [6.45, 7) is 11.3. The molecular formula is C21H31N3O3S. The Hall–Kier alpha value is -1.70. The standard InChI is InChI=1S/C21H31N3O3S/c1-4-23(15-17(2)3)21(25)16-22-10-12-24(13-11-22)28(26,27)20-9-8-18-6-5-7-19(18)14-20/h8-9,14H,2,4-7,10-13,15-16H2,1,3H3. The Kier molecular flexibility index (Phi) is 6.58. The number of rotatable bonds is 7. The van der Waals surface area contributed by atoms with Crippen LogP contribution in [0, 0.1) is 0 Å². The maximum Gasteiger partial charge on any atom is 0.243 e. The third-order valence-electron chi connectivity index (χ3n) is 5.59. The number of likely N-dealkylation sites (N-methyl/N-ethyl adjacent to an activating group) is 1. The van der Waals surface area contributed by atoms with E-state index in [4.69, 9.17) is 0 Å². The number of piperazine rings is 1. The van der Waals surface area contributed by atoms with Crippen LogP contribution in [0.2, 0.25) is 0 Å². The van der Waals surface area contributed by atoms with Gasteiger partial charge in [-0.05, 0) is 56.4 Å². The van der Waals surface area contributed by atoms with Crippen molar-refractivity contribution in [3.05, 3.63) is 41.5 Å². The zero-order valence-electron chi connectivity index (χ0n) is 17.0. The van der Waals surface area contributed by atoms with Crippen molar-refractivity contribution >= 4 is 15.9 Å². The van der Waals surface area contributed by atoms with E-state index in [0.717, 1.165) is 24.8 Å². The molecule has 0 saturated carbocycles. The Labute approximate surface area is 168 Å². The minimum Gasteiger partial charge on any atom is -0.338 e. The van der Waals surface area contributed by atoms with Crippen molar-refractivity contribution in [1.82, 2.24) is 14.1 Å². The van der Waals surface area contributed by atoms with Gasteiger partial charge < -0.3 is 4.90 Å². The summed E-state index contributed by atoms with van der Waals surface area (Å²) in [5, 5.41) is 0. The van der Waals surface area contributed by atoms with Gasteiger partial charge >= 0.3 is 0 Å². The fraction of sp³-hybridized carbons (Fsp3) is 0.571. The van der Waals surface area contributed by atoms with Gasteiger partial charge in [0.05, 0.1) is 11.4 Å². The molecule has 0 unspecified atom stereocenters. The van der Waals surface area contributed by atoms with Crippen LogP contribution in [-0.4, -0.2) is 74.2 Å². The Morgan fingerprint density at radius 1 is 1.14 bits per heavy atom. The highest BCUT2D eigenvalue weighted by Gasteiger charge is 2.30. The first-order valence-corrected chi connectivity index (χ1v) is 11.5. The lowest BCUT2D eigenvalue weighted by Crippen LogP contribution is -2.51. The monoisotopic (exact) mass is 405 g/mol. The number of hydrogen-bond acceptors (Lipinski definition) is 4. The molecule has 1 aliphatic heterocycles. The number of benzene rings is 1. The van der Waals surface area contributed by atoms with Crippen LogP contribution in [0.4, 0.5) is 0 Å². The fourth-order valence-corrected chi connectivity index (χ4v) is 5.45. The van der Waals surface area contributed by atoms with Crippen LogP contribution in [0.1, 0.15) is 31.4 Å². The lowest BCUT2D eigenvalue weighted by Gasteiger charge is -2.34. The van der Waals surface area contributed by atoms with Crippen molar-refractivity contribution in [2.24, 2.45) is 0 Å². The molecule has 6 nitrogen and oxygen atoms in total. The zero-order valence-corrected chi connectivity index (χ0v) is 17.8. The van der Waals surface area contributed by atoms with E-state index in [-0.39, 0.29) is 5.91 Å². The van der Waals surface area contributed by atoms with Gasteiger partial charge in [0.1, 0.15) is 0 Å². The minimum atomic E-state index is -3.47. The van der Waals surface area contributed by atoms with Crippen molar-refractivity contribution in [2.75, 3.05) is 45.8 Å². The third-order valence-corrected chi connectivity index (χ3v) is 7.49. The van der Waals surface area contributed by atoms with Crippen molar-refractivity contribution in [3.63, 3.8) is 0 Å².